The third-order valence-corrected chi connectivity index (χ3v) is 6.06. The van der Waals surface area contributed by atoms with Crippen LogP contribution in [0.1, 0.15) is 15.9 Å². The molecule has 0 saturated carbocycles. The highest BCUT2D eigenvalue weighted by atomic mass is 32.2. The van der Waals surface area contributed by atoms with Crippen molar-refractivity contribution < 1.29 is 27.4 Å². The van der Waals surface area contributed by atoms with Crippen molar-refractivity contribution in [1.82, 2.24) is 4.90 Å². The number of hydrogen-bond donors (Lipinski definition) is 1. The van der Waals surface area contributed by atoms with Crippen LogP contribution in [-0.2, 0) is 14.8 Å². The Hall–Kier alpha value is -2.78. The number of hydrogen-bond acceptors (Lipinski definition) is 6. The Kier molecular flexibility index (Phi) is 6.29. The highest BCUT2D eigenvalue weighted by Crippen LogP contribution is 2.31. The molecule has 0 unspecified atom stereocenters. The lowest BCUT2D eigenvalue weighted by molar-refractivity contribution is 0.0302. The van der Waals surface area contributed by atoms with Gasteiger partial charge in [-0.25, -0.2) is 8.42 Å². The molecule has 1 heterocycles. The first-order valence-corrected chi connectivity index (χ1v) is 10.6. The van der Waals surface area contributed by atoms with E-state index in [2.05, 4.69) is 4.72 Å². The molecule has 1 N–H and O–H groups in total. The van der Waals surface area contributed by atoms with Gasteiger partial charge in [-0.3, -0.25) is 9.52 Å². The zero-order chi connectivity index (χ0) is 21.0. The smallest absolute Gasteiger partial charge is 0.262 e. The Bertz CT molecular complexity index is 1000. The van der Waals surface area contributed by atoms with Gasteiger partial charge in [0.15, 0.2) is 0 Å². The number of morpholine rings is 1. The lowest BCUT2D eigenvalue weighted by Crippen LogP contribution is -2.41. The second-order valence-corrected chi connectivity index (χ2v) is 8.24. The van der Waals surface area contributed by atoms with Crippen LogP contribution in [-0.4, -0.2) is 59.7 Å². The van der Waals surface area contributed by atoms with E-state index in [1.165, 1.54) is 26.4 Å². The van der Waals surface area contributed by atoms with Crippen LogP contribution in [0.25, 0.3) is 0 Å². The van der Waals surface area contributed by atoms with Gasteiger partial charge in [-0.15, -0.1) is 0 Å². The first-order chi connectivity index (χ1) is 13.9. The molecule has 0 atom stereocenters. The fourth-order valence-corrected chi connectivity index (χ4v) is 4.12. The third kappa shape index (κ3) is 4.63. The van der Waals surface area contributed by atoms with Gasteiger partial charge in [0.25, 0.3) is 15.9 Å². The summed E-state index contributed by atoms with van der Waals surface area (Å²) >= 11 is 0. The number of carbonyl (C=O) groups excluding carboxylic acids is 1. The largest absolute Gasteiger partial charge is 0.497 e. The molecule has 29 heavy (non-hydrogen) atoms. The minimum absolute atomic E-state index is 0.00224. The Morgan fingerprint density at radius 1 is 1.07 bits per heavy atom. The minimum atomic E-state index is -3.94. The minimum Gasteiger partial charge on any atom is -0.497 e. The van der Waals surface area contributed by atoms with Crippen LogP contribution in [0.15, 0.2) is 41.3 Å². The zero-order valence-corrected chi connectivity index (χ0v) is 17.4. The fraction of sp³-hybridized carbons (Fsp3) is 0.350. The molecule has 8 nitrogen and oxygen atoms in total. The summed E-state index contributed by atoms with van der Waals surface area (Å²) in [5.74, 6) is 0.660. The molecular formula is C20H24N2O6S. The van der Waals surface area contributed by atoms with Gasteiger partial charge in [-0.05, 0) is 36.8 Å². The average Bonchev–Trinajstić information content (AvgIpc) is 2.74. The van der Waals surface area contributed by atoms with E-state index in [4.69, 9.17) is 14.2 Å². The van der Waals surface area contributed by atoms with Crippen molar-refractivity contribution >= 4 is 21.6 Å². The highest BCUT2D eigenvalue weighted by molar-refractivity contribution is 7.92. The topological polar surface area (TPSA) is 94.2 Å². The number of methoxy groups -OCH3 is 2. The van der Waals surface area contributed by atoms with E-state index in [-0.39, 0.29) is 16.5 Å². The van der Waals surface area contributed by atoms with Gasteiger partial charge in [0.2, 0.25) is 0 Å². The molecule has 1 aliphatic heterocycles. The molecule has 1 amide bonds. The monoisotopic (exact) mass is 420 g/mol. The van der Waals surface area contributed by atoms with Gasteiger partial charge < -0.3 is 19.1 Å². The van der Waals surface area contributed by atoms with Gasteiger partial charge in [-0.1, -0.05) is 6.07 Å². The molecule has 0 radical (unpaired) electrons. The summed E-state index contributed by atoms with van der Waals surface area (Å²) in [6, 6.07) is 9.29. The van der Waals surface area contributed by atoms with Gasteiger partial charge in [0.1, 0.15) is 11.5 Å². The standard InChI is InChI=1S/C20H24N2O6S/c1-14-4-6-16(13-17(14)20(23)22-8-10-28-11-9-22)29(24,25)21-18-7-5-15(26-2)12-19(18)27-3/h4-7,12-13,21H,8-11H2,1-3H3. The average molecular weight is 420 g/mol. The first kappa shape index (κ1) is 20.9. The molecule has 9 heteroatoms. The number of sulfonamides is 1. The highest BCUT2D eigenvalue weighted by Gasteiger charge is 2.23. The van der Waals surface area contributed by atoms with E-state index in [9.17, 15) is 13.2 Å². The molecule has 156 valence electrons. The fourth-order valence-electron chi connectivity index (χ4n) is 3.02. The van der Waals surface area contributed by atoms with E-state index in [1.807, 2.05) is 0 Å². The van der Waals surface area contributed by atoms with Crippen molar-refractivity contribution in [3.8, 4) is 11.5 Å². The molecule has 0 aliphatic carbocycles. The van der Waals surface area contributed by atoms with Crippen LogP contribution in [0.4, 0.5) is 5.69 Å². The third-order valence-electron chi connectivity index (χ3n) is 4.70. The van der Waals surface area contributed by atoms with Crippen LogP contribution >= 0.6 is 0 Å². The van der Waals surface area contributed by atoms with E-state index in [0.717, 1.165) is 0 Å². The summed E-state index contributed by atoms with van der Waals surface area (Å²) in [5.41, 5.74) is 1.34. The number of ether oxygens (including phenoxy) is 3. The number of nitrogens with zero attached hydrogens (tertiary/aromatic N) is 1. The van der Waals surface area contributed by atoms with Crippen LogP contribution in [0.5, 0.6) is 11.5 Å². The van der Waals surface area contributed by atoms with Crippen molar-refractivity contribution in [1.29, 1.82) is 0 Å². The normalized spacial score (nSPS) is 14.4. The number of carbonyl (C=O) groups is 1. The zero-order valence-electron chi connectivity index (χ0n) is 16.6. The SMILES string of the molecule is COc1ccc(NS(=O)(=O)c2ccc(C)c(C(=O)N3CCOCC3)c2)c(OC)c1. The second kappa shape index (κ2) is 8.71. The molecular weight excluding hydrogens is 396 g/mol. The lowest BCUT2D eigenvalue weighted by Gasteiger charge is -2.27. The predicted molar refractivity (Wildman–Crippen MR) is 108 cm³/mol. The molecule has 0 spiro atoms. The molecule has 2 aromatic carbocycles. The molecule has 0 bridgehead atoms. The summed E-state index contributed by atoms with van der Waals surface area (Å²) in [4.78, 5) is 14.5. The molecule has 1 fully saturated rings. The first-order valence-electron chi connectivity index (χ1n) is 9.08. The Labute approximate surface area is 170 Å². The van der Waals surface area contributed by atoms with Gasteiger partial charge in [0.05, 0.1) is 38.0 Å². The number of aryl methyl sites for hydroxylation is 1. The molecule has 2 aromatic rings. The van der Waals surface area contributed by atoms with E-state index >= 15 is 0 Å². The van der Waals surface area contributed by atoms with Crippen LogP contribution in [0, 0.1) is 6.92 Å². The molecule has 1 aliphatic rings. The van der Waals surface area contributed by atoms with E-state index in [1.54, 1.807) is 36.1 Å². The molecule has 1 saturated heterocycles. The number of rotatable bonds is 6. The van der Waals surface area contributed by atoms with Crippen LogP contribution in [0.2, 0.25) is 0 Å². The van der Waals surface area contributed by atoms with E-state index < -0.39 is 10.0 Å². The predicted octanol–water partition coefficient (Wildman–Crippen LogP) is 2.29. The van der Waals surface area contributed by atoms with Crippen molar-refractivity contribution in [3.05, 3.63) is 47.5 Å². The number of amides is 1. The van der Waals surface area contributed by atoms with Crippen LogP contribution < -0.4 is 14.2 Å². The maximum absolute atomic E-state index is 12.9. The second-order valence-electron chi connectivity index (χ2n) is 6.55. The van der Waals surface area contributed by atoms with Crippen molar-refractivity contribution in [3.63, 3.8) is 0 Å². The summed E-state index contributed by atoms with van der Waals surface area (Å²) in [6.07, 6.45) is 0. The molecule has 0 aromatic heterocycles. The summed E-state index contributed by atoms with van der Waals surface area (Å²) < 4.78 is 44.1. The Balaban J connectivity index is 1.90. The van der Waals surface area contributed by atoms with E-state index in [0.29, 0.717) is 48.9 Å². The van der Waals surface area contributed by atoms with Gasteiger partial charge in [-0.2, -0.15) is 0 Å². The Morgan fingerprint density at radius 3 is 2.45 bits per heavy atom. The van der Waals surface area contributed by atoms with Gasteiger partial charge in [0, 0.05) is 24.7 Å². The maximum Gasteiger partial charge on any atom is 0.262 e. The number of benzene rings is 2. The van der Waals surface area contributed by atoms with Crippen LogP contribution in [0.3, 0.4) is 0 Å². The lowest BCUT2D eigenvalue weighted by atomic mass is 10.1. The van der Waals surface area contributed by atoms with Crippen molar-refractivity contribution in [2.75, 3.05) is 45.2 Å². The van der Waals surface area contributed by atoms with Crippen molar-refractivity contribution in [2.24, 2.45) is 0 Å². The van der Waals surface area contributed by atoms with Crippen molar-refractivity contribution in [2.45, 2.75) is 11.8 Å². The summed E-state index contributed by atoms with van der Waals surface area (Å²) in [7, 11) is -0.981. The Morgan fingerprint density at radius 2 is 1.79 bits per heavy atom. The molecule has 3 rings (SSSR count). The maximum atomic E-state index is 12.9. The summed E-state index contributed by atoms with van der Waals surface area (Å²) in [6.45, 7) is 3.69. The quantitative estimate of drug-likeness (QED) is 0.771. The number of anilines is 1. The summed E-state index contributed by atoms with van der Waals surface area (Å²) in [5, 5.41) is 0. The van der Waals surface area contributed by atoms with Gasteiger partial charge >= 0.3 is 0 Å². The number of nitrogens with one attached hydrogen (secondary N) is 1.